The van der Waals surface area contributed by atoms with Crippen molar-refractivity contribution >= 4 is 22.3 Å². The Hall–Kier alpha value is -3.05. The molecule has 2 heterocycles. The minimum absolute atomic E-state index is 0.272. The topological polar surface area (TPSA) is 56.5 Å². The van der Waals surface area contributed by atoms with Crippen molar-refractivity contribution in [1.29, 1.82) is 0 Å². The number of benzene rings is 2. The van der Waals surface area contributed by atoms with Crippen LogP contribution in [0.1, 0.15) is 37.0 Å². The van der Waals surface area contributed by atoms with Crippen LogP contribution in [-0.4, -0.2) is 21.5 Å². The second kappa shape index (κ2) is 6.28. The first-order valence-corrected chi connectivity index (χ1v) is 9.16. The van der Waals surface area contributed by atoms with E-state index in [-0.39, 0.29) is 6.79 Å². The maximum Gasteiger partial charge on any atom is 0.231 e. The summed E-state index contributed by atoms with van der Waals surface area (Å²) in [6.45, 7) is 2.04. The van der Waals surface area contributed by atoms with Gasteiger partial charge in [-0.15, -0.1) is 0 Å². The molecule has 1 aromatic heterocycles. The maximum atomic E-state index is 9.80. The monoisotopic (exact) mass is 360 g/mol. The third kappa shape index (κ3) is 2.71. The Morgan fingerprint density at radius 1 is 1.19 bits per heavy atom. The minimum atomic E-state index is -0.495. The molecule has 0 amide bonds. The Bertz CT molecular complexity index is 1090. The molecule has 5 nitrogen and oxygen atoms in total. The number of ether oxygens (including phenoxy) is 2. The zero-order valence-electron chi connectivity index (χ0n) is 15.1. The average molecular weight is 360 g/mol. The van der Waals surface area contributed by atoms with Crippen molar-refractivity contribution in [3.63, 3.8) is 0 Å². The number of nitrogens with zero attached hydrogens (tertiary/aromatic N) is 2. The second-order valence-electron chi connectivity index (χ2n) is 6.91. The fourth-order valence-electron chi connectivity index (χ4n) is 3.74. The lowest BCUT2D eigenvalue weighted by molar-refractivity contribution is 0.173. The van der Waals surface area contributed by atoms with Gasteiger partial charge in [-0.1, -0.05) is 24.3 Å². The van der Waals surface area contributed by atoms with Crippen molar-refractivity contribution in [3.05, 3.63) is 66.0 Å². The number of allylic oxidation sites excluding steroid dienone is 4. The van der Waals surface area contributed by atoms with E-state index in [1.165, 1.54) is 5.70 Å². The van der Waals surface area contributed by atoms with Gasteiger partial charge in [0, 0.05) is 11.3 Å². The normalized spacial score (nSPS) is 17.0. The van der Waals surface area contributed by atoms with E-state index in [0.29, 0.717) is 0 Å². The number of hydrogen-bond acceptors (Lipinski definition) is 4. The van der Waals surface area contributed by atoms with E-state index in [4.69, 9.17) is 9.47 Å². The molecule has 0 fully saturated rings. The molecule has 2 aromatic carbocycles. The van der Waals surface area contributed by atoms with Crippen LogP contribution >= 0.6 is 0 Å². The fraction of sp³-hybridized carbons (Fsp3) is 0.227. The molecule has 0 saturated heterocycles. The first kappa shape index (κ1) is 16.1. The zero-order chi connectivity index (χ0) is 18.4. The van der Waals surface area contributed by atoms with Crippen LogP contribution in [0.2, 0.25) is 0 Å². The Morgan fingerprint density at radius 3 is 3.00 bits per heavy atom. The van der Waals surface area contributed by atoms with E-state index < -0.39 is 6.10 Å². The van der Waals surface area contributed by atoms with E-state index in [9.17, 15) is 5.11 Å². The minimum Gasteiger partial charge on any atom is -0.454 e. The van der Waals surface area contributed by atoms with Gasteiger partial charge in [0.15, 0.2) is 11.5 Å². The zero-order valence-corrected chi connectivity index (χ0v) is 15.1. The fourth-order valence-corrected chi connectivity index (χ4v) is 3.74. The number of imidazole rings is 1. The van der Waals surface area contributed by atoms with Crippen LogP contribution in [0, 0.1) is 0 Å². The van der Waals surface area contributed by atoms with Gasteiger partial charge in [-0.3, -0.25) is 0 Å². The number of para-hydroxylation sites is 1. The summed E-state index contributed by atoms with van der Waals surface area (Å²) < 4.78 is 13.3. The van der Waals surface area contributed by atoms with Gasteiger partial charge in [-0.25, -0.2) is 4.98 Å². The first-order valence-electron chi connectivity index (χ1n) is 9.16. The summed E-state index contributed by atoms with van der Waals surface area (Å²) in [5.41, 5.74) is 6.20. The number of aromatic nitrogens is 2. The molecule has 5 heteroatoms. The number of fused-ring (bicyclic) bond motifs is 2. The van der Waals surface area contributed by atoms with E-state index in [2.05, 4.69) is 27.8 Å². The molecule has 1 atom stereocenters. The van der Waals surface area contributed by atoms with Crippen LogP contribution in [0.15, 0.2) is 54.9 Å². The third-order valence-electron chi connectivity index (χ3n) is 5.16. The number of aliphatic hydroxyl groups excluding tert-OH is 1. The lowest BCUT2D eigenvalue weighted by Crippen LogP contribution is -2.01. The van der Waals surface area contributed by atoms with Crippen molar-refractivity contribution in [2.45, 2.75) is 25.9 Å². The molecule has 2 aliphatic rings. The number of aliphatic hydroxyl groups is 1. The van der Waals surface area contributed by atoms with Crippen LogP contribution in [0.4, 0.5) is 0 Å². The van der Waals surface area contributed by atoms with Gasteiger partial charge in [0.2, 0.25) is 6.79 Å². The summed E-state index contributed by atoms with van der Waals surface area (Å²) in [4.78, 5) is 4.54. The molecule has 0 bridgehead atoms. The molecule has 1 N–H and O–H groups in total. The van der Waals surface area contributed by atoms with Gasteiger partial charge in [0.1, 0.15) is 6.33 Å². The highest BCUT2D eigenvalue weighted by Crippen LogP contribution is 2.41. The van der Waals surface area contributed by atoms with Crippen molar-refractivity contribution in [1.82, 2.24) is 9.55 Å². The largest absolute Gasteiger partial charge is 0.454 e. The van der Waals surface area contributed by atoms with E-state index in [0.717, 1.165) is 52.1 Å². The van der Waals surface area contributed by atoms with Gasteiger partial charge in [0.25, 0.3) is 0 Å². The van der Waals surface area contributed by atoms with Gasteiger partial charge < -0.3 is 19.1 Å². The smallest absolute Gasteiger partial charge is 0.231 e. The van der Waals surface area contributed by atoms with Gasteiger partial charge in [-0.2, -0.15) is 0 Å². The van der Waals surface area contributed by atoms with E-state index >= 15 is 0 Å². The van der Waals surface area contributed by atoms with Crippen molar-refractivity contribution in [2.24, 2.45) is 0 Å². The molecule has 1 unspecified atom stereocenters. The van der Waals surface area contributed by atoms with Crippen LogP contribution in [0.3, 0.4) is 0 Å². The molecule has 3 aromatic rings. The Balaban J connectivity index is 1.56. The molecule has 136 valence electrons. The molecular formula is C22H20N2O3. The Morgan fingerprint density at radius 2 is 2.11 bits per heavy atom. The van der Waals surface area contributed by atoms with Gasteiger partial charge >= 0.3 is 0 Å². The quantitative estimate of drug-likeness (QED) is 0.745. The Kier molecular flexibility index (Phi) is 3.76. The summed E-state index contributed by atoms with van der Waals surface area (Å²) in [5.74, 6) is 1.62. The van der Waals surface area contributed by atoms with Crippen molar-refractivity contribution in [3.8, 4) is 11.5 Å². The van der Waals surface area contributed by atoms with E-state index in [1.807, 2.05) is 36.7 Å². The van der Waals surface area contributed by atoms with Crippen LogP contribution in [0.5, 0.6) is 11.5 Å². The lowest BCUT2D eigenvalue weighted by atomic mass is 9.96. The highest BCUT2D eigenvalue weighted by molar-refractivity contribution is 5.88. The molecule has 0 spiro atoms. The highest BCUT2D eigenvalue weighted by atomic mass is 16.7. The summed E-state index contributed by atoms with van der Waals surface area (Å²) in [5, 5.41) is 9.80. The summed E-state index contributed by atoms with van der Waals surface area (Å²) in [7, 11) is 0. The average Bonchev–Trinajstić information content (AvgIpc) is 3.34. The molecule has 0 saturated carbocycles. The standard InChI is InChI=1S/C22H20N2O3/c1-14(25)15-8-9-20-19(11-15)23-12-24(20)17-5-2-4-16(10-17)18-6-3-7-21-22(18)27-13-26-21/h3-4,6-12,14,25H,2,5,13H2,1H3. The summed E-state index contributed by atoms with van der Waals surface area (Å²) in [6.07, 6.45) is 7.71. The Labute approximate surface area is 157 Å². The summed E-state index contributed by atoms with van der Waals surface area (Å²) in [6, 6.07) is 11.9. The predicted octanol–water partition coefficient (Wildman–Crippen LogP) is 4.54. The second-order valence-corrected chi connectivity index (χ2v) is 6.91. The summed E-state index contributed by atoms with van der Waals surface area (Å²) >= 11 is 0. The van der Waals surface area contributed by atoms with Gasteiger partial charge in [0.05, 0.1) is 17.1 Å². The lowest BCUT2D eigenvalue weighted by Gasteiger charge is -2.17. The number of hydrogen-bond donors (Lipinski definition) is 1. The van der Waals surface area contributed by atoms with Crippen LogP contribution < -0.4 is 9.47 Å². The SMILES string of the molecule is CC(O)c1ccc2c(c1)ncn2C1=CC(c2cccc3c2OCO3)=CCC1. The predicted molar refractivity (Wildman–Crippen MR) is 104 cm³/mol. The molecule has 5 rings (SSSR count). The van der Waals surface area contributed by atoms with Crippen LogP contribution in [0.25, 0.3) is 22.3 Å². The molecule has 1 aliphatic carbocycles. The third-order valence-corrected chi connectivity index (χ3v) is 5.16. The number of rotatable bonds is 3. The maximum absolute atomic E-state index is 9.80. The van der Waals surface area contributed by atoms with Crippen molar-refractivity contribution < 1.29 is 14.6 Å². The van der Waals surface area contributed by atoms with Crippen molar-refractivity contribution in [2.75, 3.05) is 6.79 Å². The van der Waals surface area contributed by atoms with Gasteiger partial charge in [-0.05, 0) is 55.2 Å². The highest BCUT2D eigenvalue weighted by Gasteiger charge is 2.21. The molecule has 1 aliphatic heterocycles. The first-order chi connectivity index (χ1) is 13.2. The van der Waals surface area contributed by atoms with E-state index in [1.54, 1.807) is 6.92 Å². The van der Waals surface area contributed by atoms with Crippen LogP contribution in [-0.2, 0) is 0 Å². The molecular weight excluding hydrogens is 340 g/mol. The molecule has 0 radical (unpaired) electrons. The molecule has 27 heavy (non-hydrogen) atoms.